The Labute approximate surface area is 153 Å². The molecule has 2 rings (SSSR count). The van der Waals surface area contributed by atoms with Crippen LogP contribution in [0.2, 0.25) is 0 Å². The summed E-state index contributed by atoms with van der Waals surface area (Å²) in [7, 11) is 3.42. The van der Waals surface area contributed by atoms with E-state index in [-0.39, 0.29) is 0 Å². The number of aliphatic imine (C=N–C) groups is 1. The highest BCUT2D eigenvalue weighted by molar-refractivity contribution is 7.10. The van der Waals surface area contributed by atoms with Crippen molar-refractivity contribution < 1.29 is 9.47 Å². The molecule has 7 heteroatoms. The van der Waals surface area contributed by atoms with Crippen LogP contribution in [0.25, 0.3) is 0 Å². The molecule has 1 unspecified atom stereocenters. The second kappa shape index (κ2) is 10.7. The van der Waals surface area contributed by atoms with Gasteiger partial charge in [-0.3, -0.25) is 4.99 Å². The van der Waals surface area contributed by atoms with Crippen molar-refractivity contribution in [3.8, 4) is 5.88 Å². The summed E-state index contributed by atoms with van der Waals surface area (Å²) >= 11 is 1.78. The lowest BCUT2D eigenvalue weighted by Crippen LogP contribution is -2.38. The number of methoxy groups -OCH3 is 1. The Hall–Kier alpha value is -2.12. The van der Waals surface area contributed by atoms with Gasteiger partial charge < -0.3 is 20.1 Å². The number of aromatic nitrogens is 1. The number of thiophene rings is 1. The Kier molecular flexibility index (Phi) is 8.21. The molecule has 136 valence electrons. The Balaban J connectivity index is 1.74. The van der Waals surface area contributed by atoms with Crippen molar-refractivity contribution in [2.75, 3.05) is 33.9 Å². The third kappa shape index (κ3) is 6.72. The van der Waals surface area contributed by atoms with Gasteiger partial charge in [0.2, 0.25) is 5.88 Å². The highest BCUT2D eigenvalue weighted by atomic mass is 32.1. The summed E-state index contributed by atoms with van der Waals surface area (Å²) in [6, 6.07) is 8.10. The summed E-state index contributed by atoms with van der Waals surface area (Å²) in [5.41, 5.74) is 1.06. The van der Waals surface area contributed by atoms with E-state index in [0.717, 1.165) is 18.1 Å². The summed E-state index contributed by atoms with van der Waals surface area (Å²) in [6.07, 6.45) is 1.80. The quantitative estimate of drug-likeness (QED) is 0.408. The van der Waals surface area contributed by atoms with Crippen molar-refractivity contribution in [3.63, 3.8) is 0 Å². The second-order valence-corrected chi connectivity index (χ2v) is 6.55. The van der Waals surface area contributed by atoms with Gasteiger partial charge in [-0.05, 0) is 17.0 Å². The standard InChI is InChI=1S/C18H26N4O2S/c1-14(16-5-4-10-25-16)11-21-18(19-2)22-13-15-6-7-17(20-12-15)24-9-8-23-3/h4-7,10,12,14H,8-9,11,13H2,1-3H3,(H2,19,21,22). The smallest absolute Gasteiger partial charge is 0.213 e. The molecule has 0 aliphatic heterocycles. The first kappa shape index (κ1) is 19.2. The average molecular weight is 362 g/mol. The highest BCUT2D eigenvalue weighted by Gasteiger charge is 2.07. The van der Waals surface area contributed by atoms with Crippen LogP contribution in [-0.4, -0.2) is 44.9 Å². The topological polar surface area (TPSA) is 67.8 Å². The van der Waals surface area contributed by atoms with Crippen LogP contribution in [0.3, 0.4) is 0 Å². The fourth-order valence-electron chi connectivity index (χ4n) is 2.16. The lowest BCUT2D eigenvalue weighted by atomic mass is 10.1. The third-order valence-corrected chi connectivity index (χ3v) is 4.73. The zero-order valence-corrected chi connectivity index (χ0v) is 15.8. The zero-order chi connectivity index (χ0) is 17.9. The van der Waals surface area contributed by atoms with Gasteiger partial charge >= 0.3 is 0 Å². The number of pyridine rings is 1. The molecule has 0 saturated carbocycles. The number of hydrogen-bond donors (Lipinski definition) is 2. The van der Waals surface area contributed by atoms with Crippen molar-refractivity contribution in [1.29, 1.82) is 0 Å². The minimum Gasteiger partial charge on any atom is -0.475 e. The van der Waals surface area contributed by atoms with E-state index in [1.165, 1.54) is 4.88 Å². The second-order valence-electron chi connectivity index (χ2n) is 5.57. The maximum atomic E-state index is 5.46. The third-order valence-electron chi connectivity index (χ3n) is 3.62. The van der Waals surface area contributed by atoms with Crippen molar-refractivity contribution in [3.05, 3.63) is 46.3 Å². The van der Waals surface area contributed by atoms with E-state index in [4.69, 9.17) is 9.47 Å². The van der Waals surface area contributed by atoms with E-state index in [9.17, 15) is 0 Å². The van der Waals surface area contributed by atoms with Crippen molar-refractivity contribution in [1.82, 2.24) is 15.6 Å². The molecule has 0 aromatic carbocycles. The fourth-order valence-corrected chi connectivity index (χ4v) is 2.95. The van der Waals surface area contributed by atoms with E-state index in [2.05, 4.69) is 45.0 Å². The molecule has 2 aromatic heterocycles. The molecular weight excluding hydrogens is 336 g/mol. The van der Waals surface area contributed by atoms with E-state index in [0.29, 0.717) is 31.6 Å². The normalized spacial score (nSPS) is 12.7. The van der Waals surface area contributed by atoms with Crippen LogP contribution in [0.4, 0.5) is 0 Å². The molecule has 2 heterocycles. The van der Waals surface area contributed by atoms with Crippen LogP contribution in [0.5, 0.6) is 5.88 Å². The first-order valence-corrected chi connectivity index (χ1v) is 9.15. The molecule has 0 aliphatic rings. The summed E-state index contributed by atoms with van der Waals surface area (Å²) < 4.78 is 10.4. The molecular formula is C18H26N4O2S. The highest BCUT2D eigenvalue weighted by Crippen LogP contribution is 2.19. The molecule has 0 radical (unpaired) electrons. The van der Waals surface area contributed by atoms with Crippen molar-refractivity contribution >= 4 is 17.3 Å². The number of ether oxygens (including phenoxy) is 2. The van der Waals surface area contributed by atoms with Crippen molar-refractivity contribution in [2.45, 2.75) is 19.4 Å². The first-order chi connectivity index (χ1) is 12.2. The predicted octanol–water partition coefficient (Wildman–Crippen LogP) is 2.64. The summed E-state index contributed by atoms with van der Waals surface area (Å²) in [5, 5.41) is 8.77. The predicted molar refractivity (Wildman–Crippen MR) is 103 cm³/mol. The van der Waals surface area contributed by atoms with Gasteiger partial charge in [0.15, 0.2) is 5.96 Å². The molecule has 6 nitrogen and oxygen atoms in total. The van der Waals surface area contributed by atoms with Crippen LogP contribution in [-0.2, 0) is 11.3 Å². The van der Waals surface area contributed by atoms with Gasteiger partial charge in [-0.15, -0.1) is 11.3 Å². The lowest BCUT2D eigenvalue weighted by Gasteiger charge is -2.15. The zero-order valence-electron chi connectivity index (χ0n) is 15.0. The Morgan fingerprint density at radius 3 is 2.80 bits per heavy atom. The molecule has 2 aromatic rings. The van der Waals surface area contributed by atoms with Gasteiger partial charge in [-0.2, -0.15) is 0 Å². The maximum absolute atomic E-state index is 5.46. The van der Waals surface area contributed by atoms with E-state index in [1.54, 1.807) is 31.7 Å². The van der Waals surface area contributed by atoms with Gasteiger partial charge in [0.1, 0.15) is 6.61 Å². The minimum absolute atomic E-state index is 0.448. The molecule has 1 atom stereocenters. The van der Waals surface area contributed by atoms with Crippen LogP contribution < -0.4 is 15.4 Å². The van der Waals surface area contributed by atoms with Gasteiger partial charge in [-0.25, -0.2) is 4.98 Å². The van der Waals surface area contributed by atoms with E-state index in [1.807, 2.05) is 12.1 Å². The maximum Gasteiger partial charge on any atom is 0.213 e. The van der Waals surface area contributed by atoms with E-state index >= 15 is 0 Å². The van der Waals surface area contributed by atoms with Crippen LogP contribution in [0.1, 0.15) is 23.3 Å². The Morgan fingerprint density at radius 1 is 1.28 bits per heavy atom. The van der Waals surface area contributed by atoms with Gasteiger partial charge in [-0.1, -0.05) is 19.1 Å². The molecule has 0 spiro atoms. The minimum atomic E-state index is 0.448. The SMILES string of the molecule is CN=C(NCc1ccc(OCCOC)nc1)NCC(C)c1cccs1. The number of nitrogens with one attached hydrogen (secondary N) is 2. The largest absolute Gasteiger partial charge is 0.475 e. The molecule has 0 fully saturated rings. The summed E-state index contributed by atoms with van der Waals surface area (Å²) in [6.45, 7) is 4.75. The average Bonchev–Trinajstić information content (AvgIpc) is 3.18. The lowest BCUT2D eigenvalue weighted by molar-refractivity contribution is 0.143. The molecule has 2 N–H and O–H groups in total. The summed E-state index contributed by atoms with van der Waals surface area (Å²) in [5.74, 6) is 1.83. The monoisotopic (exact) mass is 362 g/mol. The van der Waals surface area contributed by atoms with E-state index < -0.39 is 0 Å². The fraction of sp³-hybridized carbons (Fsp3) is 0.444. The molecule has 0 aliphatic carbocycles. The van der Waals surface area contributed by atoms with Gasteiger partial charge in [0, 0.05) is 50.3 Å². The van der Waals surface area contributed by atoms with Gasteiger partial charge in [0.05, 0.1) is 6.61 Å². The first-order valence-electron chi connectivity index (χ1n) is 8.27. The van der Waals surface area contributed by atoms with Crippen LogP contribution >= 0.6 is 11.3 Å². The molecule has 0 amide bonds. The van der Waals surface area contributed by atoms with Crippen LogP contribution in [0.15, 0.2) is 40.8 Å². The Bertz CT molecular complexity index is 629. The number of nitrogens with zero attached hydrogens (tertiary/aromatic N) is 2. The number of rotatable bonds is 9. The summed E-state index contributed by atoms with van der Waals surface area (Å²) in [4.78, 5) is 9.92. The molecule has 0 bridgehead atoms. The van der Waals surface area contributed by atoms with Crippen LogP contribution in [0, 0.1) is 0 Å². The molecule has 0 saturated heterocycles. The van der Waals surface area contributed by atoms with Gasteiger partial charge in [0.25, 0.3) is 0 Å². The Morgan fingerprint density at radius 2 is 2.16 bits per heavy atom. The van der Waals surface area contributed by atoms with Crippen molar-refractivity contribution in [2.24, 2.45) is 4.99 Å². The number of hydrogen-bond acceptors (Lipinski definition) is 5. The molecule has 25 heavy (non-hydrogen) atoms. The number of guanidine groups is 1.